The standard InChI is InChI=1S/C24H30ClN3O2/c1-18(22-4-2-3-5-23(22)25)28(21-10-11-21)17-24(29)26-20-8-6-19(7-9-20)16-27-12-14-30-15-13-27/h2-9,18,21H,10-17H2,1H3,(H,26,29). The van der Waals surface area contributed by atoms with Crippen LogP contribution in [0.3, 0.4) is 0 Å². The zero-order valence-corrected chi connectivity index (χ0v) is 18.3. The number of carbonyl (C=O) groups excluding carboxylic acids is 1. The number of anilines is 1. The molecule has 2 aliphatic rings. The lowest BCUT2D eigenvalue weighted by Crippen LogP contribution is -2.37. The molecule has 2 aromatic carbocycles. The number of hydrogen-bond donors (Lipinski definition) is 1. The molecule has 1 amide bonds. The van der Waals surface area contributed by atoms with Crippen molar-refractivity contribution in [2.45, 2.75) is 38.4 Å². The summed E-state index contributed by atoms with van der Waals surface area (Å²) < 4.78 is 5.40. The van der Waals surface area contributed by atoms with Crippen molar-refractivity contribution in [1.29, 1.82) is 0 Å². The highest BCUT2D eigenvalue weighted by molar-refractivity contribution is 6.31. The number of benzene rings is 2. The molecule has 0 aromatic heterocycles. The van der Waals surface area contributed by atoms with Crippen LogP contribution < -0.4 is 5.32 Å². The van der Waals surface area contributed by atoms with Crippen molar-refractivity contribution in [1.82, 2.24) is 9.80 Å². The first-order valence-electron chi connectivity index (χ1n) is 10.8. The third-order valence-electron chi connectivity index (χ3n) is 5.94. The highest BCUT2D eigenvalue weighted by Gasteiger charge is 2.34. The fourth-order valence-electron chi connectivity index (χ4n) is 4.06. The number of rotatable bonds is 8. The Hall–Kier alpha value is -1.92. The Bertz CT molecular complexity index is 848. The summed E-state index contributed by atoms with van der Waals surface area (Å²) in [6, 6.07) is 16.6. The van der Waals surface area contributed by atoms with Crippen LogP contribution in [-0.2, 0) is 16.1 Å². The van der Waals surface area contributed by atoms with Crippen LogP contribution in [0.25, 0.3) is 0 Å². The van der Waals surface area contributed by atoms with Crippen molar-refractivity contribution in [3.8, 4) is 0 Å². The van der Waals surface area contributed by atoms with E-state index in [1.54, 1.807) is 0 Å². The van der Waals surface area contributed by atoms with Gasteiger partial charge < -0.3 is 10.1 Å². The van der Waals surface area contributed by atoms with Gasteiger partial charge >= 0.3 is 0 Å². The third-order valence-corrected chi connectivity index (χ3v) is 6.29. The summed E-state index contributed by atoms with van der Waals surface area (Å²) in [7, 11) is 0. The van der Waals surface area contributed by atoms with Crippen LogP contribution in [0.1, 0.15) is 36.9 Å². The number of nitrogens with zero attached hydrogens (tertiary/aromatic N) is 2. The first-order chi connectivity index (χ1) is 14.6. The number of ether oxygens (including phenoxy) is 1. The molecule has 1 N–H and O–H groups in total. The number of nitrogens with one attached hydrogen (secondary N) is 1. The zero-order chi connectivity index (χ0) is 20.9. The highest BCUT2D eigenvalue weighted by Crippen LogP contribution is 2.36. The van der Waals surface area contributed by atoms with E-state index in [9.17, 15) is 4.79 Å². The van der Waals surface area contributed by atoms with Crippen LogP contribution in [0, 0.1) is 0 Å². The van der Waals surface area contributed by atoms with Crippen molar-refractivity contribution in [3.05, 3.63) is 64.7 Å². The van der Waals surface area contributed by atoms with Gasteiger partial charge in [0.05, 0.1) is 19.8 Å². The molecule has 1 saturated carbocycles. The molecule has 0 radical (unpaired) electrons. The van der Waals surface area contributed by atoms with Gasteiger partial charge in [-0.25, -0.2) is 0 Å². The van der Waals surface area contributed by atoms with Gasteiger partial charge in [0.2, 0.25) is 5.91 Å². The summed E-state index contributed by atoms with van der Waals surface area (Å²) >= 11 is 6.40. The fraction of sp³-hybridized carbons (Fsp3) is 0.458. The highest BCUT2D eigenvalue weighted by atomic mass is 35.5. The molecule has 6 heteroatoms. The van der Waals surface area contributed by atoms with Gasteiger partial charge in [0, 0.05) is 42.4 Å². The minimum Gasteiger partial charge on any atom is -0.379 e. The third kappa shape index (κ3) is 5.61. The van der Waals surface area contributed by atoms with E-state index in [4.69, 9.17) is 16.3 Å². The molecule has 1 heterocycles. The maximum Gasteiger partial charge on any atom is 0.238 e. The van der Waals surface area contributed by atoms with E-state index in [2.05, 4.69) is 34.2 Å². The Kier molecular flexibility index (Phi) is 7.05. The van der Waals surface area contributed by atoms with Gasteiger partial charge in [0.15, 0.2) is 0 Å². The van der Waals surface area contributed by atoms with Gasteiger partial charge in [0.25, 0.3) is 0 Å². The quantitative estimate of drug-likeness (QED) is 0.680. The Morgan fingerprint density at radius 2 is 1.87 bits per heavy atom. The molecule has 160 valence electrons. The second kappa shape index (κ2) is 9.92. The maximum absolute atomic E-state index is 12.8. The first kappa shape index (κ1) is 21.3. The Morgan fingerprint density at radius 1 is 1.17 bits per heavy atom. The molecule has 1 aliphatic heterocycles. The monoisotopic (exact) mass is 427 g/mol. The molecular weight excluding hydrogens is 398 g/mol. The van der Waals surface area contributed by atoms with Crippen molar-refractivity contribution >= 4 is 23.2 Å². The van der Waals surface area contributed by atoms with E-state index >= 15 is 0 Å². The van der Waals surface area contributed by atoms with Crippen LogP contribution in [0.15, 0.2) is 48.5 Å². The summed E-state index contributed by atoms with van der Waals surface area (Å²) in [6.45, 7) is 6.97. The first-order valence-corrected chi connectivity index (χ1v) is 11.2. The summed E-state index contributed by atoms with van der Waals surface area (Å²) in [6.07, 6.45) is 2.27. The normalized spacial score (nSPS) is 18.4. The van der Waals surface area contributed by atoms with Crippen LogP contribution in [-0.4, -0.2) is 54.6 Å². The Balaban J connectivity index is 1.34. The van der Waals surface area contributed by atoms with E-state index in [0.29, 0.717) is 12.6 Å². The predicted molar refractivity (Wildman–Crippen MR) is 121 cm³/mol. The largest absolute Gasteiger partial charge is 0.379 e. The van der Waals surface area contributed by atoms with Gasteiger partial charge in [-0.05, 0) is 49.1 Å². The van der Waals surface area contributed by atoms with Crippen LogP contribution in [0.5, 0.6) is 0 Å². The summed E-state index contributed by atoms with van der Waals surface area (Å²) in [5, 5.41) is 3.82. The minimum atomic E-state index is 0.0155. The number of halogens is 1. The zero-order valence-electron chi connectivity index (χ0n) is 17.5. The van der Waals surface area contributed by atoms with Crippen molar-refractivity contribution in [3.63, 3.8) is 0 Å². The topological polar surface area (TPSA) is 44.8 Å². The molecular formula is C24H30ClN3O2. The molecule has 4 rings (SSSR count). The summed E-state index contributed by atoms with van der Waals surface area (Å²) in [5.41, 5.74) is 3.17. The second-order valence-electron chi connectivity index (χ2n) is 8.23. The Morgan fingerprint density at radius 3 is 2.53 bits per heavy atom. The molecule has 1 saturated heterocycles. The van der Waals surface area contributed by atoms with Crippen molar-refractivity contribution in [2.75, 3.05) is 38.2 Å². The molecule has 1 unspecified atom stereocenters. The van der Waals surface area contributed by atoms with Gasteiger partial charge in [-0.1, -0.05) is 41.9 Å². The molecule has 1 aliphatic carbocycles. The Labute approximate surface area is 184 Å². The lowest BCUT2D eigenvalue weighted by Gasteiger charge is -2.29. The van der Waals surface area contributed by atoms with Crippen LogP contribution in [0.2, 0.25) is 5.02 Å². The van der Waals surface area contributed by atoms with Gasteiger partial charge in [0.1, 0.15) is 0 Å². The average Bonchev–Trinajstić information content (AvgIpc) is 3.59. The number of carbonyl (C=O) groups is 1. The van der Waals surface area contributed by atoms with Crippen LogP contribution >= 0.6 is 11.6 Å². The molecule has 30 heavy (non-hydrogen) atoms. The molecule has 0 spiro atoms. The van der Waals surface area contributed by atoms with E-state index in [1.807, 2.05) is 36.4 Å². The van der Waals surface area contributed by atoms with Gasteiger partial charge in [-0.15, -0.1) is 0 Å². The molecule has 0 bridgehead atoms. The second-order valence-corrected chi connectivity index (χ2v) is 8.64. The molecule has 5 nitrogen and oxygen atoms in total. The number of hydrogen-bond acceptors (Lipinski definition) is 4. The number of morpholine rings is 1. The molecule has 2 fully saturated rings. The van der Waals surface area contributed by atoms with E-state index in [0.717, 1.165) is 62.0 Å². The molecule has 2 aromatic rings. The lowest BCUT2D eigenvalue weighted by molar-refractivity contribution is -0.118. The smallest absolute Gasteiger partial charge is 0.238 e. The number of amides is 1. The minimum absolute atomic E-state index is 0.0155. The van der Waals surface area contributed by atoms with Gasteiger partial charge in [-0.2, -0.15) is 0 Å². The van der Waals surface area contributed by atoms with Crippen molar-refractivity contribution in [2.24, 2.45) is 0 Å². The molecule has 1 atom stereocenters. The van der Waals surface area contributed by atoms with E-state index in [1.165, 1.54) is 5.56 Å². The summed E-state index contributed by atoms with van der Waals surface area (Å²) in [5.74, 6) is 0.0155. The fourth-order valence-corrected chi connectivity index (χ4v) is 4.35. The average molecular weight is 428 g/mol. The maximum atomic E-state index is 12.8. The van der Waals surface area contributed by atoms with E-state index < -0.39 is 0 Å². The lowest BCUT2D eigenvalue weighted by atomic mass is 10.1. The van der Waals surface area contributed by atoms with Crippen LogP contribution in [0.4, 0.5) is 5.69 Å². The van der Waals surface area contributed by atoms with Crippen molar-refractivity contribution < 1.29 is 9.53 Å². The summed E-state index contributed by atoms with van der Waals surface area (Å²) in [4.78, 5) is 17.4. The SMILES string of the molecule is CC(c1ccccc1Cl)N(CC(=O)Nc1ccc(CN2CCOCC2)cc1)C1CC1. The van der Waals surface area contributed by atoms with Gasteiger partial charge in [-0.3, -0.25) is 14.6 Å². The van der Waals surface area contributed by atoms with E-state index in [-0.39, 0.29) is 11.9 Å². The predicted octanol–water partition coefficient (Wildman–Crippen LogP) is 4.34.